The number of para-hydroxylation sites is 2. The van der Waals surface area contributed by atoms with Crippen LogP contribution in [0.4, 0.5) is 13.2 Å². The van der Waals surface area contributed by atoms with Gasteiger partial charge in [0.05, 0.1) is 33.5 Å². The van der Waals surface area contributed by atoms with E-state index in [1.807, 2.05) is 29.1 Å². The van der Waals surface area contributed by atoms with Crippen LogP contribution >= 0.6 is 0 Å². The Labute approximate surface area is 322 Å². The van der Waals surface area contributed by atoms with Crippen LogP contribution in [0.25, 0.3) is 44.3 Å². The largest absolute Gasteiger partial charge is 0.416 e. The van der Waals surface area contributed by atoms with Crippen molar-refractivity contribution >= 4 is 33.0 Å². The Morgan fingerprint density at radius 2 is 1.00 bits per heavy atom. The number of pyridine rings is 1. The third kappa shape index (κ3) is 6.57. The van der Waals surface area contributed by atoms with Gasteiger partial charge in [-0.2, -0.15) is 13.2 Å². The predicted molar refractivity (Wildman–Crippen MR) is 221 cm³/mol. The van der Waals surface area contributed by atoms with Crippen LogP contribution in [-0.4, -0.2) is 18.8 Å². The van der Waals surface area contributed by atoms with Gasteiger partial charge in [0, 0.05) is 17.0 Å². The summed E-state index contributed by atoms with van der Waals surface area (Å²) in [6.07, 6.45) is -2.67. The molecule has 0 fully saturated rings. The Balaban J connectivity index is 1.78. The fourth-order valence-corrected chi connectivity index (χ4v) is 7.94. The summed E-state index contributed by atoms with van der Waals surface area (Å²) in [6, 6.07) is 27.2. The highest BCUT2D eigenvalue weighted by Crippen LogP contribution is 2.39. The molecule has 7 aromatic rings. The number of alkyl halides is 3. The Kier molecular flexibility index (Phi) is 9.63. The molecule has 0 N–H and O–H groups in total. The molecule has 0 amide bonds. The zero-order chi connectivity index (χ0) is 39.7. The molecule has 0 spiro atoms. The summed E-state index contributed by atoms with van der Waals surface area (Å²) >= 11 is 0. The molecule has 0 aliphatic heterocycles. The van der Waals surface area contributed by atoms with E-state index in [1.54, 1.807) is 6.07 Å². The second-order valence-corrected chi connectivity index (χ2v) is 17.1. The quantitative estimate of drug-likeness (QED) is 0.160. The molecule has 0 unspecified atom stereocenters. The Hall–Kier alpha value is -5.11. The summed E-state index contributed by atoms with van der Waals surface area (Å²) in [6.45, 7) is 24.0. The van der Waals surface area contributed by atoms with E-state index in [0.717, 1.165) is 50.1 Å². The summed E-state index contributed by atoms with van der Waals surface area (Å²) in [7, 11) is 0. The van der Waals surface area contributed by atoms with Gasteiger partial charge in [-0.25, -0.2) is 9.66 Å². The molecule has 0 saturated carbocycles. The Morgan fingerprint density at radius 1 is 0.545 bits per heavy atom. The number of imidazole rings is 1. The second-order valence-electron chi connectivity index (χ2n) is 17.1. The average molecular weight is 744 g/mol. The fraction of sp³-hybridized carbons (Fsp3) is 0.362. The number of halogens is 3. The molecule has 0 aliphatic carbocycles. The number of hydrogen-bond acceptors (Lipinski definition) is 2. The first-order valence-electron chi connectivity index (χ1n) is 19.5. The van der Waals surface area contributed by atoms with Crippen molar-refractivity contribution in [1.82, 2.24) is 18.8 Å². The maximum Gasteiger partial charge on any atom is 0.416 e. The molecule has 0 radical (unpaired) electrons. The molecular weight excluding hydrogens is 692 g/mol. The number of aromatic nitrogens is 4. The van der Waals surface area contributed by atoms with Crippen LogP contribution < -0.4 is 5.62 Å². The molecule has 0 saturated heterocycles. The number of nitrogens with zero attached hydrogens (tertiary/aromatic N) is 5. The molecule has 0 bridgehead atoms. The highest BCUT2D eigenvalue weighted by molar-refractivity contribution is 6.08. The van der Waals surface area contributed by atoms with Crippen molar-refractivity contribution in [2.75, 3.05) is 0 Å². The molecule has 4 aromatic carbocycles. The molecular formula is C47H52F3N5. The summed E-state index contributed by atoms with van der Waals surface area (Å²) in [5.74, 6) is 0.719. The van der Waals surface area contributed by atoms with Crippen molar-refractivity contribution in [3.8, 4) is 11.4 Å². The van der Waals surface area contributed by atoms with E-state index in [-0.39, 0.29) is 29.1 Å². The Morgan fingerprint density at radius 3 is 1.45 bits per heavy atom. The van der Waals surface area contributed by atoms with Crippen molar-refractivity contribution in [2.45, 2.75) is 111 Å². The van der Waals surface area contributed by atoms with Gasteiger partial charge in [0.15, 0.2) is 5.65 Å². The van der Waals surface area contributed by atoms with Gasteiger partial charge in [-0.15, -0.1) is 5.10 Å². The van der Waals surface area contributed by atoms with Gasteiger partial charge in [-0.1, -0.05) is 119 Å². The van der Waals surface area contributed by atoms with Gasteiger partial charge in [0.1, 0.15) is 0 Å². The fourth-order valence-electron chi connectivity index (χ4n) is 7.94. The van der Waals surface area contributed by atoms with Gasteiger partial charge in [-0.05, 0) is 99.4 Å². The smallest absolute Gasteiger partial charge is 0.275 e. The third-order valence-corrected chi connectivity index (χ3v) is 10.9. The first kappa shape index (κ1) is 38.2. The van der Waals surface area contributed by atoms with Crippen LogP contribution in [0.15, 0.2) is 96.2 Å². The normalized spacial score (nSPS) is 13.3. The van der Waals surface area contributed by atoms with Gasteiger partial charge in [0.25, 0.3) is 0 Å². The van der Waals surface area contributed by atoms with Gasteiger partial charge >= 0.3 is 6.18 Å². The lowest BCUT2D eigenvalue weighted by atomic mass is 9.86. The molecule has 286 valence electrons. The van der Waals surface area contributed by atoms with E-state index in [4.69, 9.17) is 10.1 Å². The van der Waals surface area contributed by atoms with Gasteiger partial charge in [0.2, 0.25) is 5.62 Å². The zero-order valence-corrected chi connectivity index (χ0v) is 33.8. The van der Waals surface area contributed by atoms with Gasteiger partial charge in [-0.3, -0.25) is 9.13 Å². The summed E-state index contributed by atoms with van der Waals surface area (Å²) < 4.78 is 49.2. The first-order chi connectivity index (χ1) is 25.9. The van der Waals surface area contributed by atoms with Crippen molar-refractivity contribution in [3.63, 3.8) is 0 Å². The maximum absolute atomic E-state index is 14.3. The van der Waals surface area contributed by atoms with Crippen LogP contribution in [-0.2, 0) is 11.6 Å². The average Bonchev–Trinajstić information content (AvgIpc) is 3.61. The summed E-state index contributed by atoms with van der Waals surface area (Å²) in [4.78, 5) is 5.09. The zero-order valence-electron chi connectivity index (χ0n) is 33.8. The summed E-state index contributed by atoms with van der Waals surface area (Å²) in [5.41, 5.74) is 10.4. The van der Waals surface area contributed by atoms with Crippen molar-refractivity contribution in [2.24, 2.45) is 5.10 Å². The predicted octanol–water partition coefficient (Wildman–Crippen LogP) is 13.1. The van der Waals surface area contributed by atoms with Crippen LogP contribution in [0.1, 0.15) is 133 Å². The Bertz CT molecular complexity index is 2410. The standard InChI is InChI=1S/C47H52F3N5/c1-27(2)33-15-12-16-34(28(3)4)42(33)53-41-19-14-24-51-44(41)54(43-35(29(5)6)17-13-18-36(43)30(7)8)45(53)52-55-39-22-20-31(46(9,10)11)25-37(39)38-26-32(47(48,49)50)21-23-40(38)55/h12-30H,1-11H3/b52-45+. The number of benzene rings is 4. The molecule has 3 aromatic heterocycles. The molecule has 8 heteroatoms. The second kappa shape index (κ2) is 13.9. The maximum atomic E-state index is 14.3. The monoisotopic (exact) mass is 743 g/mol. The highest BCUT2D eigenvalue weighted by Gasteiger charge is 2.32. The highest BCUT2D eigenvalue weighted by atomic mass is 19.4. The SMILES string of the molecule is CC(C)c1cccc(C(C)C)c1-n1/c(=N\n2c3ccc(C(C)(C)C)cc3c3cc(C(F)(F)F)ccc32)n(-c2c(C(C)C)cccc2C(C)C)c2ncccc21. The molecule has 5 nitrogen and oxygen atoms in total. The third-order valence-electron chi connectivity index (χ3n) is 10.9. The van der Waals surface area contributed by atoms with Gasteiger partial charge < -0.3 is 0 Å². The minimum Gasteiger partial charge on any atom is -0.275 e. The molecule has 3 heterocycles. The van der Waals surface area contributed by atoms with E-state index >= 15 is 0 Å². The van der Waals surface area contributed by atoms with Crippen LogP contribution in [0, 0.1) is 0 Å². The van der Waals surface area contributed by atoms with E-state index in [0.29, 0.717) is 16.5 Å². The minimum atomic E-state index is -4.50. The number of hydrogen-bond donors (Lipinski definition) is 0. The van der Waals surface area contributed by atoms with E-state index in [1.165, 1.54) is 23.3 Å². The van der Waals surface area contributed by atoms with Crippen LogP contribution in [0.5, 0.6) is 0 Å². The first-order valence-corrected chi connectivity index (χ1v) is 19.5. The van der Waals surface area contributed by atoms with Crippen LogP contribution in [0.2, 0.25) is 0 Å². The van der Waals surface area contributed by atoms with Crippen LogP contribution in [0.3, 0.4) is 0 Å². The lowest BCUT2D eigenvalue weighted by Crippen LogP contribution is -2.29. The number of rotatable bonds is 7. The summed E-state index contributed by atoms with van der Waals surface area (Å²) in [5, 5.41) is 6.88. The molecule has 7 rings (SSSR count). The van der Waals surface area contributed by atoms with E-state index < -0.39 is 11.7 Å². The lowest BCUT2D eigenvalue weighted by Gasteiger charge is -2.22. The van der Waals surface area contributed by atoms with E-state index in [2.05, 4.69) is 134 Å². The lowest BCUT2D eigenvalue weighted by molar-refractivity contribution is -0.137. The van der Waals surface area contributed by atoms with E-state index in [9.17, 15) is 13.2 Å². The van der Waals surface area contributed by atoms with Crippen molar-refractivity contribution < 1.29 is 13.2 Å². The minimum absolute atomic E-state index is 0.176. The van der Waals surface area contributed by atoms with Crippen molar-refractivity contribution in [1.29, 1.82) is 0 Å². The molecule has 55 heavy (non-hydrogen) atoms. The molecule has 0 aliphatic rings. The molecule has 0 atom stereocenters. The van der Waals surface area contributed by atoms with Crippen molar-refractivity contribution in [3.05, 3.63) is 130 Å². The topological polar surface area (TPSA) is 40.0 Å². The number of fused-ring (bicyclic) bond motifs is 4.